The van der Waals surface area contributed by atoms with Gasteiger partial charge >= 0.3 is 5.97 Å². The lowest BCUT2D eigenvalue weighted by molar-refractivity contribution is -0.419. The molecule has 10 fully saturated rings. The van der Waals surface area contributed by atoms with Crippen LogP contribution in [-0.2, 0) is 99.6 Å². The fourth-order valence-corrected chi connectivity index (χ4v) is 16.0. The van der Waals surface area contributed by atoms with Crippen molar-refractivity contribution in [1.29, 1.82) is 0 Å². The van der Waals surface area contributed by atoms with Crippen LogP contribution in [0.3, 0.4) is 0 Å². The minimum atomic E-state index is -3.43. The second kappa shape index (κ2) is 45.0. The smallest absolute Gasteiger partial charge is 0.364 e. The highest BCUT2D eigenvalue weighted by Crippen LogP contribution is 2.43. The quantitative estimate of drug-likeness (QED) is 0.0280. The number of rotatable bonds is 35. The van der Waals surface area contributed by atoms with Crippen LogP contribution in [0, 0.1) is 0 Å². The van der Waals surface area contributed by atoms with Crippen molar-refractivity contribution < 1.29 is 283 Å². The van der Waals surface area contributed by atoms with E-state index in [4.69, 9.17) is 90.0 Å². The fourth-order valence-electron chi connectivity index (χ4n) is 16.0. The number of aliphatic carboxylic acids is 1. The molecule has 24 unspecified atom stereocenters. The molecule has 37 N–H and O–H groups in total. The maximum absolute atomic E-state index is 12.9. The van der Waals surface area contributed by atoms with Gasteiger partial charge < -0.3 is 279 Å². The first-order chi connectivity index (χ1) is 59.4. The third kappa shape index (κ3) is 22.1. The zero-order valence-corrected chi connectivity index (χ0v) is 66.1. The van der Waals surface area contributed by atoms with E-state index in [1.54, 1.807) is 0 Å². The van der Waals surface area contributed by atoms with Crippen molar-refractivity contribution in [3.8, 4) is 0 Å². The Kier molecular flexibility index (Phi) is 37.4. The molecule has 10 saturated heterocycles. The van der Waals surface area contributed by atoms with E-state index >= 15 is 0 Å². The lowest BCUT2D eigenvalue weighted by Crippen LogP contribution is -2.71. The van der Waals surface area contributed by atoms with Gasteiger partial charge in [0.05, 0.1) is 72.2 Å². The van der Waals surface area contributed by atoms with E-state index < -0.39 is 415 Å². The highest BCUT2D eigenvalue weighted by molar-refractivity contribution is 5.75. The summed E-state index contributed by atoms with van der Waals surface area (Å²) in [6.07, 6.45) is -124. The first kappa shape index (κ1) is 105. The van der Waals surface area contributed by atoms with E-state index in [1.165, 1.54) is 0 Å². The van der Waals surface area contributed by atoms with Crippen molar-refractivity contribution in [3.63, 3.8) is 0 Å². The van der Waals surface area contributed by atoms with Crippen molar-refractivity contribution in [2.45, 2.75) is 344 Å². The highest BCUT2D eigenvalue weighted by Gasteiger charge is 2.64. The Labute approximate surface area is 709 Å². The summed E-state index contributed by atoms with van der Waals surface area (Å²) in [5.74, 6) is -6.44. The molecule has 0 aromatic rings. The molecule has 10 heterocycles. The standard InChI is InChI=1S/C68H115NO57/c1-13(79)69-25-30(89)26(85)19(7-74)109-58(25)119-51-22(10-77)112-62(43(102)37(51)96)121-53-29(88)21(9-76)111-64(44(53)103)122-54-38(97)42(101)59(117-49(54)17(83)5-72)108-12-24-28(87)32(91)40(99)61(114-24)125-57-52(23(11-78)113-60-39(98)31(90)27(86)20(8-75)110-60)120-65(118-48-14(80)2-68(107,67(105)106)126-50(48)18(84)6-73)45(104)55(57)123-66-56(36(95)35(94)47(116-66)16(82)4-71)124-63-41(100)33(92)34(93)46(115-63)15(81)3-70/h14-66,70-78,80-104,107H,2-12H2,1H3,(H,69,79)(H,105,106)/t14-,15?,16?,17?,18-,19-,20-,21-,22-,23?,24-,25-,26+,27-,28-,29+,30-,31+,32+,33?,34?,35?,36?,37-,38?,39-,40-,41?,42?,43-,44-,45?,46?,47?,48-,49?,50-,51+,52?,53+,54?,55?,56?,57?,58-,59?,60-,61+,62-,63?,64+,65?,66?,68-/m1/s1. The van der Waals surface area contributed by atoms with Gasteiger partial charge in [-0.25, -0.2) is 4.79 Å². The Hall–Kier alpha value is -3.22. The Bertz CT molecular complexity index is 3320. The van der Waals surface area contributed by atoms with E-state index in [-0.39, 0.29) is 0 Å². The van der Waals surface area contributed by atoms with Crippen LogP contribution in [0.25, 0.3) is 0 Å². The van der Waals surface area contributed by atoms with Crippen LogP contribution in [0.15, 0.2) is 0 Å². The van der Waals surface area contributed by atoms with Crippen LogP contribution < -0.4 is 5.32 Å². The molecular weight excluding hydrogens is 1740 g/mol. The predicted molar refractivity (Wildman–Crippen MR) is 377 cm³/mol. The number of amides is 1. The van der Waals surface area contributed by atoms with Crippen molar-refractivity contribution in [2.24, 2.45) is 0 Å². The molecule has 58 heteroatoms. The molecule has 126 heavy (non-hydrogen) atoms. The minimum Gasteiger partial charge on any atom is -0.477 e. The fraction of sp³-hybridized carbons (Fsp3) is 0.971. The zero-order valence-electron chi connectivity index (χ0n) is 66.1. The molecule has 0 spiro atoms. The summed E-state index contributed by atoms with van der Waals surface area (Å²) < 4.78 is 110. The lowest BCUT2D eigenvalue weighted by atomic mass is 9.91. The number of hydrogen-bond acceptors (Lipinski definition) is 56. The Morgan fingerprint density at radius 3 is 1.25 bits per heavy atom. The summed E-state index contributed by atoms with van der Waals surface area (Å²) in [4.78, 5) is 24.5. The molecule has 58 nitrogen and oxygen atoms in total. The molecule has 734 valence electrons. The van der Waals surface area contributed by atoms with Crippen molar-refractivity contribution in [3.05, 3.63) is 0 Å². The largest absolute Gasteiger partial charge is 0.477 e. The van der Waals surface area contributed by atoms with Crippen LogP contribution in [0.4, 0.5) is 0 Å². The van der Waals surface area contributed by atoms with E-state index in [2.05, 4.69) is 5.32 Å². The van der Waals surface area contributed by atoms with Gasteiger partial charge in [0.1, 0.15) is 262 Å². The molecule has 0 saturated carbocycles. The summed E-state index contributed by atoms with van der Waals surface area (Å²) in [5, 5.41) is 401. The second-order valence-corrected chi connectivity index (χ2v) is 31.7. The summed E-state index contributed by atoms with van der Waals surface area (Å²) in [6, 6.07) is -1.64. The summed E-state index contributed by atoms with van der Waals surface area (Å²) in [5.41, 5.74) is 0. The lowest BCUT2D eigenvalue weighted by Gasteiger charge is -2.53. The van der Waals surface area contributed by atoms with Gasteiger partial charge in [-0.1, -0.05) is 0 Å². The molecule has 10 aliphatic heterocycles. The number of carbonyl (C=O) groups excluding carboxylic acids is 1. The number of ether oxygens (including phenoxy) is 19. The van der Waals surface area contributed by atoms with E-state index in [9.17, 15) is 193 Å². The Balaban J connectivity index is 0.954. The number of carboxylic acids is 1. The third-order valence-electron chi connectivity index (χ3n) is 23.2. The molecule has 10 rings (SSSR count). The van der Waals surface area contributed by atoms with Crippen LogP contribution in [0.1, 0.15) is 13.3 Å². The van der Waals surface area contributed by atoms with E-state index in [1.807, 2.05) is 0 Å². The molecule has 0 aromatic carbocycles. The van der Waals surface area contributed by atoms with Gasteiger partial charge in [0.25, 0.3) is 5.79 Å². The average Bonchev–Trinajstić information content (AvgIpc) is 0.745. The first-order valence-corrected chi connectivity index (χ1v) is 39.6. The average molecular weight is 1860 g/mol. The number of hydrogen-bond donors (Lipinski definition) is 37. The maximum Gasteiger partial charge on any atom is 0.364 e. The first-order valence-electron chi connectivity index (χ1n) is 39.6. The third-order valence-corrected chi connectivity index (χ3v) is 23.2. The molecule has 0 radical (unpaired) electrons. The van der Waals surface area contributed by atoms with Crippen LogP contribution in [-0.4, -0.2) is 593 Å². The number of carbonyl (C=O) groups is 2. The van der Waals surface area contributed by atoms with Crippen molar-refractivity contribution in [1.82, 2.24) is 5.32 Å². The maximum atomic E-state index is 12.9. The van der Waals surface area contributed by atoms with Crippen molar-refractivity contribution >= 4 is 11.9 Å². The van der Waals surface area contributed by atoms with E-state index in [0.717, 1.165) is 6.92 Å². The highest BCUT2D eigenvalue weighted by atomic mass is 16.8. The van der Waals surface area contributed by atoms with Gasteiger partial charge in [-0.05, 0) is 0 Å². The molecule has 10 aliphatic rings. The minimum absolute atomic E-state index is 0.803. The van der Waals surface area contributed by atoms with Gasteiger partial charge in [0.2, 0.25) is 5.91 Å². The number of nitrogens with one attached hydrogen (secondary N) is 1. The van der Waals surface area contributed by atoms with Crippen LogP contribution >= 0.6 is 0 Å². The van der Waals surface area contributed by atoms with Crippen molar-refractivity contribution in [2.75, 3.05) is 66.1 Å². The monoisotopic (exact) mass is 1860 g/mol. The van der Waals surface area contributed by atoms with Gasteiger partial charge in [-0.15, -0.1) is 0 Å². The summed E-state index contributed by atoms with van der Waals surface area (Å²) in [7, 11) is 0. The molecule has 0 bridgehead atoms. The molecule has 1 amide bonds. The number of aliphatic hydroxyl groups is 35. The Morgan fingerprint density at radius 1 is 0.325 bits per heavy atom. The molecular formula is C68H115NO57. The number of carboxylic acid groups (broad SMARTS) is 1. The SMILES string of the molecule is CC(=O)N[C@H]1[C@@H](O[C@@H]2[C@H](O)[C@@H](O)[C@@H](O[C@H]3[C@@H](O)[C@@H](CO)O[C@@H](OC4C(O)C(O)C(OC[C@H]5O[C@@H](OC6C(C(CO)O[C@H]7O[C@H](CO)[C@@H](O)[C@H](O)[C@H]7O)OC(O[C@H]7[C@@H]([C@H](O)CO)O[C@@](O)(C(=O)O)C[C@H]7O)C(O)C6OC6OC(C(O)CO)C(O)C(O)C6OC6OC(C(O)CO)C(O)C(O)C6O)[C@H](O)[C@@H](O)[C@@H]5O)OC4C(O)CO)[C@@H]3O)O[C@@H]2CO)O[C@H](CO)[C@H](O)[C@@H]1O. The normalized spacial score (nSPS) is 50.0. The summed E-state index contributed by atoms with van der Waals surface area (Å²) in [6.45, 7) is -11.6. The topological polar surface area (TPSA) is 950 Å². The Morgan fingerprint density at radius 2 is 0.690 bits per heavy atom. The summed E-state index contributed by atoms with van der Waals surface area (Å²) >= 11 is 0. The van der Waals surface area contributed by atoms with E-state index in [0.29, 0.717) is 0 Å². The van der Waals surface area contributed by atoms with Gasteiger partial charge in [-0.3, -0.25) is 4.79 Å². The van der Waals surface area contributed by atoms with Gasteiger partial charge in [-0.2, -0.15) is 0 Å². The number of aliphatic hydroxyl groups excluding tert-OH is 34. The van der Waals surface area contributed by atoms with Gasteiger partial charge in [0.15, 0.2) is 56.6 Å². The zero-order chi connectivity index (χ0) is 93.2. The van der Waals surface area contributed by atoms with Gasteiger partial charge in [0, 0.05) is 13.3 Å². The van der Waals surface area contributed by atoms with Crippen LogP contribution in [0.5, 0.6) is 0 Å². The molecule has 0 aromatic heterocycles. The molecule has 0 aliphatic carbocycles. The predicted octanol–water partition coefficient (Wildman–Crippen LogP) is -25.4. The molecule has 54 atom stereocenters. The van der Waals surface area contributed by atoms with Crippen LogP contribution in [0.2, 0.25) is 0 Å². The second-order valence-electron chi connectivity index (χ2n) is 31.7.